The molecule has 0 radical (unpaired) electrons. The highest BCUT2D eigenvalue weighted by atomic mass is 16.5. The molecule has 0 saturated carbocycles. The summed E-state index contributed by atoms with van der Waals surface area (Å²) < 4.78 is 5.76. The van der Waals surface area contributed by atoms with Crippen LogP contribution in [0.4, 0.5) is 5.69 Å². The van der Waals surface area contributed by atoms with Crippen LogP contribution in [-0.4, -0.2) is 50.0 Å². The molecule has 0 atom stereocenters. The smallest absolute Gasteiger partial charge is 0.164 e. The SMILES string of the molecule is CCCCCCOc1ccc(C(=O)CCN2CCN(c3ccccc3)CC2)cc1. The number of ether oxygens (including phenoxy) is 1. The van der Waals surface area contributed by atoms with Gasteiger partial charge in [-0.05, 0) is 42.8 Å². The molecule has 1 aliphatic rings. The second kappa shape index (κ2) is 11.6. The standard InChI is InChI=1S/C25H34N2O2/c1-2-3-4-8-21-29-24-13-11-22(12-14-24)25(28)15-16-26-17-19-27(20-18-26)23-9-6-5-7-10-23/h5-7,9-14H,2-4,8,15-21H2,1H3. The predicted molar refractivity (Wildman–Crippen MR) is 120 cm³/mol. The van der Waals surface area contributed by atoms with E-state index in [1.807, 2.05) is 24.3 Å². The van der Waals surface area contributed by atoms with Crippen molar-refractivity contribution in [2.45, 2.75) is 39.0 Å². The van der Waals surface area contributed by atoms with Crippen molar-refractivity contribution in [2.24, 2.45) is 0 Å². The maximum absolute atomic E-state index is 12.5. The number of para-hydroxylation sites is 1. The highest BCUT2D eigenvalue weighted by Crippen LogP contribution is 2.17. The summed E-state index contributed by atoms with van der Waals surface area (Å²) in [4.78, 5) is 17.3. The number of Topliss-reactive ketones (excluding diaryl/α,β-unsaturated/α-hetero) is 1. The van der Waals surface area contributed by atoms with Crippen LogP contribution in [0, 0.1) is 0 Å². The van der Waals surface area contributed by atoms with E-state index in [9.17, 15) is 4.79 Å². The van der Waals surface area contributed by atoms with Crippen LogP contribution >= 0.6 is 0 Å². The normalized spacial score (nSPS) is 14.7. The van der Waals surface area contributed by atoms with E-state index in [2.05, 4.69) is 47.1 Å². The van der Waals surface area contributed by atoms with E-state index in [0.717, 1.165) is 57.1 Å². The Hall–Kier alpha value is -2.33. The van der Waals surface area contributed by atoms with E-state index < -0.39 is 0 Å². The molecule has 4 heteroatoms. The van der Waals surface area contributed by atoms with Crippen LogP contribution in [0.1, 0.15) is 49.4 Å². The Kier molecular flexibility index (Phi) is 8.57. The lowest BCUT2D eigenvalue weighted by Gasteiger charge is -2.36. The first-order valence-electron chi connectivity index (χ1n) is 11.0. The lowest BCUT2D eigenvalue weighted by atomic mass is 10.1. The summed E-state index contributed by atoms with van der Waals surface area (Å²) in [6, 6.07) is 18.2. The zero-order valence-corrected chi connectivity index (χ0v) is 17.7. The molecular formula is C25H34N2O2. The molecule has 0 spiro atoms. The van der Waals surface area contributed by atoms with E-state index in [-0.39, 0.29) is 5.78 Å². The van der Waals surface area contributed by atoms with E-state index in [1.165, 1.54) is 24.9 Å². The maximum atomic E-state index is 12.5. The number of anilines is 1. The van der Waals surface area contributed by atoms with Gasteiger partial charge in [-0.25, -0.2) is 0 Å². The summed E-state index contributed by atoms with van der Waals surface area (Å²) in [5.74, 6) is 1.07. The first-order valence-corrected chi connectivity index (χ1v) is 11.0. The molecule has 0 bridgehead atoms. The maximum Gasteiger partial charge on any atom is 0.164 e. The van der Waals surface area contributed by atoms with Crippen LogP contribution in [0.3, 0.4) is 0 Å². The fourth-order valence-electron chi connectivity index (χ4n) is 3.73. The van der Waals surface area contributed by atoms with Gasteiger partial charge in [-0.3, -0.25) is 9.69 Å². The quantitative estimate of drug-likeness (QED) is 0.395. The van der Waals surface area contributed by atoms with Crippen LogP contribution in [0.5, 0.6) is 5.75 Å². The van der Waals surface area contributed by atoms with E-state index in [4.69, 9.17) is 4.74 Å². The molecule has 0 aliphatic carbocycles. The second-order valence-corrected chi connectivity index (χ2v) is 7.77. The number of carbonyl (C=O) groups excluding carboxylic acids is 1. The largest absolute Gasteiger partial charge is 0.494 e. The van der Waals surface area contributed by atoms with Crippen molar-refractivity contribution in [3.63, 3.8) is 0 Å². The third-order valence-electron chi connectivity index (χ3n) is 5.59. The summed E-state index contributed by atoms with van der Waals surface area (Å²) in [5.41, 5.74) is 2.07. The predicted octanol–water partition coefficient (Wildman–Crippen LogP) is 5.04. The van der Waals surface area contributed by atoms with Gasteiger partial charge < -0.3 is 9.64 Å². The van der Waals surface area contributed by atoms with Gasteiger partial charge in [0.15, 0.2) is 5.78 Å². The Morgan fingerprint density at radius 1 is 0.897 bits per heavy atom. The van der Waals surface area contributed by atoms with Gasteiger partial charge in [-0.15, -0.1) is 0 Å². The minimum absolute atomic E-state index is 0.213. The van der Waals surface area contributed by atoms with Crippen molar-refractivity contribution in [2.75, 3.05) is 44.2 Å². The Balaban J connectivity index is 1.36. The zero-order valence-electron chi connectivity index (χ0n) is 17.7. The van der Waals surface area contributed by atoms with Gasteiger partial charge >= 0.3 is 0 Å². The number of hydrogen-bond acceptors (Lipinski definition) is 4. The number of carbonyl (C=O) groups is 1. The second-order valence-electron chi connectivity index (χ2n) is 7.77. The van der Waals surface area contributed by atoms with Crippen LogP contribution in [0.15, 0.2) is 54.6 Å². The van der Waals surface area contributed by atoms with Crippen molar-refractivity contribution in [1.29, 1.82) is 0 Å². The average molecular weight is 395 g/mol. The van der Waals surface area contributed by atoms with Gasteiger partial charge in [0.2, 0.25) is 0 Å². The van der Waals surface area contributed by atoms with Gasteiger partial charge in [0.25, 0.3) is 0 Å². The van der Waals surface area contributed by atoms with Crippen molar-refractivity contribution in [1.82, 2.24) is 4.90 Å². The van der Waals surface area contributed by atoms with Gasteiger partial charge in [-0.1, -0.05) is 44.4 Å². The van der Waals surface area contributed by atoms with Crippen LogP contribution in [-0.2, 0) is 0 Å². The number of nitrogens with zero attached hydrogens (tertiary/aromatic N) is 2. The minimum Gasteiger partial charge on any atom is -0.494 e. The number of piperazine rings is 1. The number of ketones is 1. The van der Waals surface area contributed by atoms with Crippen LogP contribution in [0.25, 0.3) is 0 Å². The summed E-state index contributed by atoms with van der Waals surface area (Å²) in [5, 5.41) is 0. The Morgan fingerprint density at radius 2 is 1.62 bits per heavy atom. The minimum atomic E-state index is 0.213. The summed E-state index contributed by atoms with van der Waals surface area (Å²) in [6.45, 7) is 7.84. The molecule has 1 saturated heterocycles. The van der Waals surface area contributed by atoms with Gasteiger partial charge in [0, 0.05) is 50.4 Å². The molecule has 1 heterocycles. The monoisotopic (exact) mass is 394 g/mol. The third-order valence-corrected chi connectivity index (χ3v) is 5.59. The molecule has 0 amide bonds. The molecule has 1 fully saturated rings. The van der Waals surface area contributed by atoms with Crippen molar-refractivity contribution >= 4 is 11.5 Å². The zero-order chi connectivity index (χ0) is 20.3. The Bertz CT molecular complexity index is 722. The molecule has 2 aromatic rings. The highest BCUT2D eigenvalue weighted by molar-refractivity contribution is 5.96. The first-order chi connectivity index (χ1) is 14.3. The molecule has 29 heavy (non-hydrogen) atoms. The molecule has 156 valence electrons. The fourth-order valence-corrected chi connectivity index (χ4v) is 3.73. The average Bonchev–Trinajstić information content (AvgIpc) is 2.79. The molecule has 2 aromatic carbocycles. The van der Waals surface area contributed by atoms with E-state index >= 15 is 0 Å². The van der Waals surface area contributed by atoms with Crippen LogP contribution < -0.4 is 9.64 Å². The van der Waals surface area contributed by atoms with Gasteiger partial charge in [0.1, 0.15) is 5.75 Å². The van der Waals surface area contributed by atoms with Crippen molar-refractivity contribution < 1.29 is 9.53 Å². The fraction of sp³-hybridized carbons (Fsp3) is 0.480. The Morgan fingerprint density at radius 3 is 2.31 bits per heavy atom. The number of rotatable bonds is 11. The molecule has 3 rings (SSSR count). The molecular weight excluding hydrogens is 360 g/mol. The van der Waals surface area contributed by atoms with E-state index in [1.54, 1.807) is 0 Å². The summed E-state index contributed by atoms with van der Waals surface area (Å²) in [7, 11) is 0. The number of hydrogen-bond donors (Lipinski definition) is 0. The topological polar surface area (TPSA) is 32.8 Å². The summed E-state index contributed by atoms with van der Waals surface area (Å²) >= 11 is 0. The first kappa shape index (κ1) is 21.4. The third kappa shape index (κ3) is 6.90. The molecule has 0 N–H and O–H groups in total. The summed E-state index contributed by atoms with van der Waals surface area (Å²) in [6.07, 6.45) is 5.37. The lowest BCUT2D eigenvalue weighted by Crippen LogP contribution is -2.46. The van der Waals surface area contributed by atoms with E-state index in [0.29, 0.717) is 6.42 Å². The molecule has 4 nitrogen and oxygen atoms in total. The Labute approximate surface area is 175 Å². The molecule has 1 aliphatic heterocycles. The van der Waals surface area contributed by atoms with Crippen molar-refractivity contribution in [3.05, 3.63) is 60.2 Å². The molecule has 0 unspecified atom stereocenters. The lowest BCUT2D eigenvalue weighted by molar-refractivity contribution is 0.0962. The number of benzene rings is 2. The van der Waals surface area contributed by atoms with Crippen molar-refractivity contribution in [3.8, 4) is 5.75 Å². The molecule has 0 aromatic heterocycles. The highest BCUT2D eigenvalue weighted by Gasteiger charge is 2.18. The van der Waals surface area contributed by atoms with Gasteiger partial charge in [0.05, 0.1) is 6.61 Å². The van der Waals surface area contributed by atoms with Crippen LogP contribution in [0.2, 0.25) is 0 Å². The van der Waals surface area contributed by atoms with Gasteiger partial charge in [-0.2, -0.15) is 0 Å². The number of unbranched alkanes of at least 4 members (excludes halogenated alkanes) is 3.